The number of hydrogen-bond acceptors (Lipinski definition) is 1. The number of benzene rings is 2. The Kier molecular flexibility index (Phi) is 5.13. The fourth-order valence-corrected chi connectivity index (χ4v) is 2.73. The normalized spacial score (nSPS) is 12.4. The molecule has 0 saturated heterocycles. The topological polar surface area (TPSA) is 20.2 Å². The summed E-state index contributed by atoms with van der Waals surface area (Å²) in [6.07, 6.45) is -0.410. The van der Waals surface area contributed by atoms with E-state index in [0.717, 1.165) is 5.56 Å². The van der Waals surface area contributed by atoms with Crippen molar-refractivity contribution in [3.8, 4) is 0 Å². The van der Waals surface area contributed by atoms with E-state index in [2.05, 4.69) is 15.9 Å². The monoisotopic (exact) mass is 360 g/mol. The number of hydrogen-bond donors (Lipinski definition) is 1. The third kappa shape index (κ3) is 3.78. The van der Waals surface area contributed by atoms with Crippen LogP contribution in [0, 0.1) is 11.6 Å². The number of halogens is 4. The molecule has 106 valence electrons. The van der Waals surface area contributed by atoms with E-state index in [0.29, 0.717) is 15.1 Å². The fraction of sp³-hybridized carbons (Fsp3) is 0.200. The van der Waals surface area contributed by atoms with Gasteiger partial charge in [0.05, 0.1) is 6.10 Å². The molecule has 0 fully saturated rings. The Morgan fingerprint density at radius 2 is 1.90 bits per heavy atom. The van der Waals surface area contributed by atoms with E-state index in [1.165, 1.54) is 24.3 Å². The van der Waals surface area contributed by atoms with Crippen molar-refractivity contribution in [1.29, 1.82) is 0 Å². The van der Waals surface area contributed by atoms with Crippen LogP contribution in [0.1, 0.15) is 11.1 Å². The summed E-state index contributed by atoms with van der Waals surface area (Å²) < 4.78 is 27.2. The Balaban J connectivity index is 2.11. The first kappa shape index (κ1) is 15.4. The molecule has 2 aromatic rings. The molecule has 0 radical (unpaired) electrons. The van der Waals surface area contributed by atoms with E-state index in [-0.39, 0.29) is 18.7 Å². The molecule has 5 heteroatoms. The van der Waals surface area contributed by atoms with Gasteiger partial charge in [-0.15, -0.1) is 0 Å². The van der Waals surface area contributed by atoms with Gasteiger partial charge in [-0.05, 0) is 36.2 Å². The Bertz CT molecular complexity index is 599. The molecule has 1 N–H and O–H groups in total. The van der Waals surface area contributed by atoms with Gasteiger partial charge in [-0.1, -0.05) is 39.7 Å². The largest absolute Gasteiger partial charge is 0.392 e. The smallest absolute Gasteiger partial charge is 0.127 e. The molecule has 1 nitrogen and oxygen atoms in total. The van der Waals surface area contributed by atoms with Crippen LogP contribution in [-0.4, -0.2) is 11.2 Å². The Morgan fingerprint density at radius 3 is 2.55 bits per heavy atom. The minimum absolute atomic E-state index is 0.106. The first-order valence-corrected chi connectivity index (χ1v) is 7.19. The van der Waals surface area contributed by atoms with E-state index >= 15 is 0 Å². The van der Waals surface area contributed by atoms with Gasteiger partial charge in [0.25, 0.3) is 0 Å². The maximum absolute atomic E-state index is 13.6. The molecule has 2 aromatic carbocycles. The number of aliphatic hydroxyl groups excluding tert-OH is 1. The lowest BCUT2D eigenvalue weighted by atomic mass is 10.0. The van der Waals surface area contributed by atoms with Gasteiger partial charge in [0.1, 0.15) is 11.6 Å². The van der Waals surface area contributed by atoms with Crippen molar-refractivity contribution in [2.24, 2.45) is 0 Å². The van der Waals surface area contributed by atoms with Gasteiger partial charge in [0, 0.05) is 21.5 Å². The van der Waals surface area contributed by atoms with E-state index in [1.54, 1.807) is 12.1 Å². The van der Waals surface area contributed by atoms with Crippen molar-refractivity contribution < 1.29 is 13.9 Å². The van der Waals surface area contributed by atoms with Gasteiger partial charge >= 0.3 is 0 Å². The van der Waals surface area contributed by atoms with Crippen LogP contribution in [-0.2, 0) is 12.8 Å². The molecule has 0 saturated carbocycles. The van der Waals surface area contributed by atoms with Crippen molar-refractivity contribution in [3.63, 3.8) is 0 Å². The van der Waals surface area contributed by atoms with E-state index in [4.69, 9.17) is 11.6 Å². The third-order valence-corrected chi connectivity index (χ3v) is 4.06. The summed E-state index contributed by atoms with van der Waals surface area (Å²) in [7, 11) is 0. The summed E-state index contributed by atoms with van der Waals surface area (Å²) in [5, 5.41) is 10.4. The van der Waals surface area contributed by atoms with Gasteiger partial charge in [-0.3, -0.25) is 0 Å². The van der Waals surface area contributed by atoms with Crippen molar-refractivity contribution in [2.45, 2.75) is 18.9 Å². The SMILES string of the molecule is OC(Cc1ccc(F)cc1Br)Cc1c(F)cccc1Cl. The first-order valence-electron chi connectivity index (χ1n) is 6.02. The summed E-state index contributed by atoms with van der Waals surface area (Å²) in [5.74, 6) is -0.790. The molecule has 20 heavy (non-hydrogen) atoms. The zero-order valence-corrected chi connectivity index (χ0v) is 12.8. The van der Waals surface area contributed by atoms with Gasteiger partial charge in [0.15, 0.2) is 0 Å². The van der Waals surface area contributed by atoms with Crippen LogP contribution in [0.3, 0.4) is 0 Å². The molecule has 0 spiro atoms. The number of aliphatic hydroxyl groups is 1. The van der Waals surface area contributed by atoms with Crippen LogP contribution in [0.2, 0.25) is 5.02 Å². The Labute approximate surface area is 129 Å². The summed E-state index contributed by atoms with van der Waals surface area (Å²) in [6.45, 7) is 0. The van der Waals surface area contributed by atoms with Gasteiger partial charge in [-0.25, -0.2) is 8.78 Å². The molecule has 0 aliphatic carbocycles. The van der Waals surface area contributed by atoms with Crippen LogP contribution in [0.5, 0.6) is 0 Å². The lowest BCUT2D eigenvalue weighted by Crippen LogP contribution is -2.15. The second kappa shape index (κ2) is 6.66. The van der Waals surface area contributed by atoms with E-state index < -0.39 is 11.9 Å². The summed E-state index contributed by atoms with van der Waals surface area (Å²) >= 11 is 9.16. The zero-order valence-electron chi connectivity index (χ0n) is 10.4. The molecule has 0 aliphatic heterocycles. The highest BCUT2D eigenvalue weighted by molar-refractivity contribution is 9.10. The van der Waals surface area contributed by atoms with E-state index in [1.807, 2.05) is 0 Å². The molecule has 0 aromatic heterocycles. The minimum atomic E-state index is -0.800. The summed E-state index contributed by atoms with van der Waals surface area (Å²) in [4.78, 5) is 0. The van der Waals surface area contributed by atoms with Crippen molar-refractivity contribution in [3.05, 3.63) is 68.7 Å². The zero-order chi connectivity index (χ0) is 14.7. The standard InChI is InChI=1S/C15H12BrClF2O/c16-13-7-10(18)5-4-9(13)6-11(20)8-12-14(17)2-1-3-15(12)19/h1-5,7,11,20H,6,8H2. The maximum Gasteiger partial charge on any atom is 0.127 e. The predicted octanol–water partition coefficient (Wildman–Crippen LogP) is 4.53. The Morgan fingerprint density at radius 1 is 1.15 bits per heavy atom. The maximum atomic E-state index is 13.6. The quantitative estimate of drug-likeness (QED) is 0.848. The molecule has 1 atom stereocenters. The summed E-state index contributed by atoms with van der Waals surface area (Å²) in [6, 6.07) is 8.65. The average Bonchev–Trinajstić information content (AvgIpc) is 2.37. The molecule has 0 aliphatic rings. The second-order valence-electron chi connectivity index (χ2n) is 4.50. The first-order chi connectivity index (χ1) is 9.47. The molecule has 2 rings (SSSR count). The van der Waals surface area contributed by atoms with E-state index in [9.17, 15) is 13.9 Å². The van der Waals surface area contributed by atoms with Crippen molar-refractivity contribution in [1.82, 2.24) is 0 Å². The summed E-state index contributed by atoms with van der Waals surface area (Å²) in [5.41, 5.74) is 1.05. The Hall–Kier alpha value is -0.970. The van der Waals surface area contributed by atoms with Crippen LogP contribution >= 0.6 is 27.5 Å². The molecule has 0 amide bonds. The molecular weight excluding hydrogens is 350 g/mol. The number of rotatable bonds is 4. The van der Waals surface area contributed by atoms with Gasteiger partial charge in [0.2, 0.25) is 0 Å². The van der Waals surface area contributed by atoms with Crippen LogP contribution in [0.15, 0.2) is 40.9 Å². The van der Waals surface area contributed by atoms with Gasteiger partial charge in [-0.2, -0.15) is 0 Å². The van der Waals surface area contributed by atoms with Crippen molar-refractivity contribution in [2.75, 3.05) is 0 Å². The van der Waals surface area contributed by atoms with Crippen LogP contribution in [0.25, 0.3) is 0 Å². The highest BCUT2D eigenvalue weighted by Crippen LogP contribution is 2.24. The predicted molar refractivity (Wildman–Crippen MR) is 78.9 cm³/mol. The fourth-order valence-electron chi connectivity index (χ4n) is 1.98. The second-order valence-corrected chi connectivity index (χ2v) is 5.76. The lowest BCUT2D eigenvalue weighted by molar-refractivity contribution is 0.174. The highest BCUT2D eigenvalue weighted by atomic mass is 79.9. The third-order valence-electron chi connectivity index (χ3n) is 2.97. The highest BCUT2D eigenvalue weighted by Gasteiger charge is 2.14. The van der Waals surface area contributed by atoms with Crippen LogP contribution < -0.4 is 0 Å². The molecule has 0 bridgehead atoms. The van der Waals surface area contributed by atoms with Gasteiger partial charge < -0.3 is 5.11 Å². The van der Waals surface area contributed by atoms with Crippen molar-refractivity contribution >= 4 is 27.5 Å². The molecule has 0 heterocycles. The van der Waals surface area contributed by atoms with Crippen LogP contribution in [0.4, 0.5) is 8.78 Å². The lowest BCUT2D eigenvalue weighted by Gasteiger charge is -2.13. The average molecular weight is 362 g/mol. The molecular formula is C15H12BrClF2O. The minimum Gasteiger partial charge on any atom is -0.392 e. The molecule has 1 unspecified atom stereocenters.